The number of hydrogen-bond donors (Lipinski definition) is 0. The Morgan fingerprint density at radius 2 is 0.664 bits per heavy atom. The molecule has 29 heteroatoms. The highest BCUT2D eigenvalue weighted by molar-refractivity contribution is 7.89. The molecule has 0 spiro atoms. The van der Waals surface area contributed by atoms with Crippen LogP contribution in [0, 0.1) is 320 Å². The summed E-state index contributed by atoms with van der Waals surface area (Å²) in [6.45, 7) is 29.0. The minimum atomic E-state index is 0.164. The molecule has 0 N–H and O–H groups in total. The van der Waals surface area contributed by atoms with E-state index in [9.17, 15) is 0 Å². The predicted molar refractivity (Wildman–Crippen MR) is 604 cm³/mol. The van der Waals surface area contributed by atoms with Crippen LogP contribution in [0.4, 0.5) is 0 Å². The quantitative estimate of drug-likeness (QED) is 0.0415. The van der Waals surface area contributed by atoms with Gasteiger partial charge in [-0.05, 0) is 349 Å². The maximum atomic E-state index is 6.95. The Morgan fingerprint density at radius 1 is 0.262 bits per heavy atom. The van der Waals surface area contributed by atoms with Crippen molar-refractivity contribution in [3.63, 3.8) is 0 Å². The van der Waals surface area contributed by atoms with Crippen molar-refractivity contribution in [2.45, 2.75) is 90.0 Å². The monoisotopic (exact) mass is 1510 g/mol. The van der Waals surface area contributed by atoms with E-state index in [-0.39, 0.29) is 26.0 Å². The average Bonchev–Trinajstić information content (AvgIpc) is 0.677. The van der Waals surface area contributed by atoms with Crippen LogP contribution in [0.15, 0.2) is 0 Å². The van der Waals surface area contributed by atoms with Crippen molar-refractivity contribution in [1.82, 2.24) is 0 Å². The van der Waals surface area contributed by atoms with Gasteiger partial charge in [-0.15, -0.1) is 49.0 Å². The number of benzene rings is 8. The maximum absolute atomic E-state index is 6.95. The summed E-state index contributed by atoms with van der Waals surface area (Å²) in [5.41, 5.74) is 26.9. The molecule has 0 heterocycles. The highest BCUT2D eigenvalue weighted by Crippen LogP contribution is 2.55. The molecular weight excluding hydrogens is 1430 g/mol. The summed E-state index contributed by atoms with van der Waals surface area (Å²) in [5.74, 6) is 112. The van der Waals surface area contributed by atoms with Crippen molar-refractivity contribution in [1.29, 1.82) is 0 Å². The van der Waals surface area contributed by atoms with E-state index in [0.717, 1.165) is 87.3 Å². The van der Waals surface area contributed by atoms with Crippen LogP contribution in [0.3, 0.4) is 0 Å². The minimum Gasteiger partial charge on any atom is -0.115 e. The van der Waals surface area contributed by atoms with E-state index in [2.05, 4.69) is 405 Å². The van der Waals surface area contributed by atoms with Crippen LogP contribution in [0.2, 0.25) is 0 Å². The summed E-state index contributed by atoms with van der Waals surface area (Å²) in [5, 5.41) is 9.17. The Morgan fingerprint density at radius 3 is 1.11 bits per heavy atom. The number of aryl methyl sites for hydroxylation is 6. The SMILES string of the molecule is BBB(B)B(B(B)B)c1c(B(B(B)B)B(B)B)c(B(BB)B(B)B)c(B(B)B(B)B)c2c(C)c(-c3c(C)c(C)c(C)c4c(-c5c(C#CC#CC#CC#CC#C)c6c(C)c(C#C)c(C#CC)c(C#CC#C)c6c6c(C#CC#CC)c(C#CC#CC#C)c(C#CC#CC#CC)c(C#CC#CC#CC#C)c56)c5c(C)c(C)c(C)c(C)c5c(C)c34)c(BB)c(B)c12. The third kappa shape index (κ3) is 18.3. The third-order valence-electron chi connectivity index (χ3n) is 25.2. The molecule has 8 aromatic rings. The lowest BCUT2D eigenvalue weighted by Crippen LogP contribution is -2.80. The first-order chi connectivity index (χ1) is 58.4. The van der Waals surface area contributed by atoms with Gasteiger partial charge in [-0.1, -0.05) is 81.1 Å². The maximum Gasteiger partial charge on any atom is 0.139 e. The normalized spacial score (nSPS) is 9.11. The van der Waals surface area contributed by atoms with Gasteiger partial charge in [0.05, 0.1) is 182 Å². The summed E-state index contributed by atoms with van der Waals surface area (Å²) in [4.78, 5) is 0. The van der Waals surface area contributed by atoms with Gasteiger partial charge in [0.2, 0.25) is 0 Å². The predicted octanol–water partition coefficient (Wildman–Crippen LogP) is -10.4. The van der Waals surface area contributed by atoms with Crippen LogP contribution in [0.25, 0.3) is 76.1 Å². The number of terminal acetylenes is 5. The molecule has 0 radical (unpaired) electrons. The minimum absolute atomic E-state index is 0.164. The Kier molecular flexibility index (Phi) is 33.4. The Balaban J connectivity index is 2.10. The fourth-order valence-electron chi connectivity index (χ4n) is 19.2. The molecule has 0 nitrogen and oxygen atoms in total. The van der Waals surface area contributed by atoms with Crippen LogP contribution in [0.5, 0.6) is 0 Å². The van der Waals surface area contributed by atoms with Gasteiger partial charge >= 0.3 is 0 Å². The summed E-state index contributed by atoms with van der Waals surface area (Å²) in [6, 6.07) is 0. The molecule has 8 rings (SSSR count). The molecule has 0 aliphatic rings. The topological polar surface area (TPSA) is 0 Å². The third-order valence-corrected chi connectivity index (χ3v) is 25.2. The standard InChI is InChI=1S/C93H79B29/c1-19-27-33-37-39-40-43-48-55-73-75-63(16)66(26-8)67(49-25-7)70(50-32-24-6)82(75)83-71(53-44-31-23-5)68(51-45-36-30-22-4)69(52-46-41-35-29-21-3)72(54-47-42-38-34-28-20-2)84(83)85(73)86-76-60(13)57(10)56(9)59(12)74(76)64(17)79-77(61(14)58(11)62(15)78(79)86)80-65(18)81-87(88(94)89(80)110-95)91(116(121(107)108)122(109)112-97)93(115(119(103)104)120(105)106)92(114(111-96)118(101)102)90(81)113(98)117(99)100/h1-2,4,6,8,110-112H,94-109H2,3,5,7,9-18H3. The fourth-order valence-corrected chi connectivity index (χ4v) is 19.2. The van der Waals surface area contributed by atoms with Crippen LogP contribution >= 0.6 is 0 Å². The lowest BCUT2D eigenvalue weighted by molar-refractivity contribution is 1.24. The van der Waals surface area contributed by atoms with Crippen molar-refractivity contribution in [3.05, 3.63) is 100 Å². The zero-order valence-electron chi connectivity index (χ0n) is 77.3. The van der Waals surface area contributed by atoms with Gasteiger partial charge in [-0.2, -0.15) is 0 Å². The molecule has 122 heavy (non-hydrogen) atoms. The zero-order chi connectivity index (χ0) is 90.0. The van der Waals surface area contributed by atoms with E-state index in [1.165, 1.54) is 49.4 Å². The Bertz CT molecular complexity index is 7300. The average molecular weight is 1510 g/mol. The molecule has 0 unspecified atom stereocenters. The van der Waals surface area contributed by atoms with Crippen molar-refractivity contribution < 1.29 is 0 Å². The molecule has 0 amide bonds. The molecule has 0 bridgehead atoms. The molecule has 8 aromatic carbocycles. The molecule has 0 saturated carbocycles. The first-order valence-electron chi connectivity index (χ1n) is 42.3. The second-order valence-electron chi connectivity index (χ2n) is 33.2. The summed E-state index contributed by atoms with van der Waals surface area (Å²) < 4.78 is 0. The number of fused-ring (bicyclic) bond motifs is 6. The Labute approximate surface area is 753 Å². The molecule has 0 aromatic heterocycles. The molecule has 0 fully saturated rings. The summed E-state index contributed by atoms with van der Waals surface area (Å²) in [6.07, 6.45) is 32.5. The Hall–Kier alpha value is -12.3. The van der Waals surface area contributed by atoms with Crippen molar-refractivity contribution in [2.75, 3.05) is 0 Å². The first-order valence-corrected chi connectivity index (χ1v) is 42.3. The van der Waals surface area contributed by atoms with Crippen LogP contribution < -0.4 is 32.8 Å². The lowest BCUT2D eigenvalue weighted by atomic mass is 8.66. The van der Waals surface area contributed by atoms with Crippen molar-refractivity contribution in [3.8, 4) is 273 Å². The fraction of sp³-hybridized carbons (Fsp3) is 0.140. The van der Waals surface area contributed by atoms with Crippen LogP contribution in [0.1, 0.15) is 121 Å². The van der Waals surface area contributed by atoms with Gasteiger partial charge in [0.25, 0.3) is 0 Å². The molecule has 0 aliphatic heterocycles. The largest absolute Gasteiger partial charge is 0.139 e. The van der Waals surface area contributed by atoms with Gasteiger partial charge in [0.1, 0.15) is 15.0 Å². The molecule has 0 saturated heterocycles. The number of rotatable bonds is 15. The summed E-state index contributed by atoms with van der Waals surface area (Å²) >= 11 is 0. The highest BCUT2D eigenvalue weighted by Gasteiger charge is 2.44. The van der Waals surface area contributed by atoms with E-state index in [0.29, 0.717) is 115 Å². The van der Waals surface area contributed by atoms with Gasteiger partial charge in [-0.3, -0.25) is 0 Å². The number of hydrogen-bond acceptors (Lipinski definition) is 0. The first kappa shape index (κ1) is 95.2. The lowest BCUT2D eigenvalue weighted by Gasteiger charge is -2.41. The van der Waals surface area contributed by atoms with E-state index in [1.54, 1.807) is 37.2 Å². The molecule has 0 aliphatic carbocycles. The summed E-state index contributed by atoms with van der Waals surface area (Å²) in [7, 11) is 42.3. The van der Waals surface area contributed by atoms with Crippen molar-refractivity contribution >= 4 is 296 Å². The van der Waals surface area contributed by atoms with E-state index in [1.807, 2.05) is 6.92 Å². The van der Waals surface area contributed by atoms with Crippen LogP contribution in [-0.4, -0.2) is 209 Å². The second-order valence-corrected chi connectivity index (χ2v) is 33.2. The highest BCUT2D eigenvalue weighted by atomic mass is 14.4. The van der Waals surface area contributed by atoms with Crippen LogP contribution in [-0.2, 0) is 0 Å². The van der Waals surface area contributed by atoms with Gasteiger partial charge in [0, 0.05) is 83.6 Å². The smallest absolute Gasteiger partial charge is 0.115 e. The van der Waals surface area contributed by atoms with Gasteiger partial charge in [0.15, 0.2) is 0 Å². The van der Waals surface area contributed by atoms with E-state index >= 15 is 0 Å². The molecular formula is C93H79B29. The van der Waals surface area contributed by atoms with E-state index < -0.39 is 0 Å². The van der Waals surface area contributed by atoms with Gasteiger partial charge in [-0.25, -0.2) is 0 Å². The van der Waals surface area contributed by atoms with Crippen molar-refractivity contribution in [2.24, 2.45) is 0 Å². The molecule has 0 atom stereocenters. The molecule has 538 valence electrons. The van der Waals surface area contributed by atoms with E-state index in [4.69, 9.17) is 32.1 Å². The zero-order valence-corrected chi connectivity index (χ0v) is 77.3. The second kappa shape index (κ2) is 42.8. The van der Waals surface area contributed by atoms with Gasteiger partial charge < -0.3 is 0 Å².